The number of nitrogens with one attached hydrogen (secondary N) is 1. The van der Waals surface area contributed by atoms with Gasteiger partial charge in [0.25, 0.3) is 0 Å². The second kappa shape index (κ2) is 7.32. The normalized spacial score (nSPS) is 15.3. The van der Waals surface area contributed by atoms with Crippen molar-refractivity contribution in [3.8, 4) is 0 Å². The molecular formula is C22H24N2O2. The topological polar surface area (TPSA) is 51.2 Å². The van der Waals surface area contributed by atoms with Gasteiger partial charge in [-0.2, -0.15) is 0 Å². The van der Waals surface area contributed by atoms with E-state index < -0.39 is 0 Å². The minimum atomic E-state index is -0.312. The van der Waals surface area contributed by atoms with E-state index in [1.54, 1.807) is 6.20 Å². The van der Waals surface area contributed by atoms with E-state index in [2.05, 4.69) is 34.6 Å². The fourth-order valence-electron chi connectivity index (χ4n) is 3.90. The van der Waals surface area contributed by atoms with E-state index in [0.29, 0.717) is 18.2 Å². The number of carbonyl (C=O) groups excluding carboxylic acids is 1. The molecule has 0 radical (unpaired) electrons. The Hall–Kier alpha value is -2.62. The Labute approximate surface area is 153 Å². The van der Waals surface area contributed by atoms with Gasteiger partial charge in [-0.3, -0.25) is 4.98 Å². The van der Waals surface area contributed by atoms with E-state index in [1.807, 2.05) is 19.1 Å². The third-order valence-electron chi connectivity index (χ3n) is 5.21. The number of aromatic nitrogens is 1. The molecule has 0 amide bonds. The quantitative estimate of drug-likeness (QED) is 0.513. The van der Waals surface area contributed by atoms with Crippen LogP contribution < -0.4 is 5.32 Å². The van der Waals surface area contributed by atoms with E-state index in [9.17, 15) is 4.79 Å². The summed E-state index contributed by atoms with van der Waals surface area (Å²) in [7, 11) is 0. The Balaban J connectivity index is 1.88. The van der Waals surface area contributed by atoms with Crippen LogP contribution in [-0.4, -0.2) is 23.6 Å². The standard InChI is InChI=1S/C22H24N2O2/c1-2-26-22(25)19-14-23-20-17-11-7-6-8-15(17)12-13-18(20)21(19)24-16-9-4-3-5-10-16/h6-8,11-14,16H,2-5,9-10H2,1H3,(H,23,24). The molecule has 0 aliphatic heterocycles. The van der Waals surface area contributed by atoms with E-state index in [1.165, 1.54) is 19.3 Å². The Bertz CT molecular complexity index is 945. The number of rotatable bonds is 4. The molecule has 2 aromatic carbocycles. The van der Waals surface area contributed by atoms with Gasteiger partial charge in [0, 0.05) is 23.0 Å². The number of hydrogen-bond acceptors (Lipinski definition) is 4. The maximum absolute atomic E-state index is 12.5. The van der Waals surface area contributed by atoms with Crippen molar-refractivity contribution in [2.45, 2.75) is 45.1 Å². The van der Waals surface area contributed by atoms with E-state index in [4.69, 9.17) is 4.74 Å². The zero-order valence-electron chi connectivity index (χ0n) is 15.1. The lowest BCUT2D eigenvalue weighted by atomic mass is 9.94. The van der Waals surface area contributed by atoms with Crippen LogP contribution in [-0.2, 0) is 4.74 Å². The number of nitrogens with zero attached hydrogens (tertiary/aromatic N) is 1. The summed E-state index contributed by atoms with van der Waals surface area (Å²) in [4.78, 5) is 17.1. The van der Waals surface area contributed by atoms with Crippen molar-refractivity contribution in [2.24, 2.45) is 0 Å². The first-order valence-electron chi connectivity index (χ1n) is 9.52. The monoisotopic (exact) mass is 348 g/mol. The van der Waals surface area contributed by atoms with Crippen LogP contribution in [0.1, 0.15) is 49.4 Å². The SMILES string of the molecule is CCOC(=O)c1cnc2c(ccc3ccccc32)c1NC1CCCCC1. The molecule has 1 aromatic heterocycles. The van der Waals surface area contributed by atoms with Gasteiger partial charge in [-0.25, -0.2) is 4.79 Å². The largest absolute Gasteiger partial charge is 0.462 e. The van der Waals surface area contributed by atoms with Gasteiger partial charge < -0.3 is 10.1 Å². The van der Waals surface area contributed by atoms with Crippen LogP contribution in [0, 0.1) is 0 Å². The summed E-state index contributed by atoms with van der Waals surface area (Å²) in [5, 5.41) is 6.90. The number of esters is 1. The zero-order chi connectivity index (χ0) is 17.9. The Morgan fingerprint density at radius 3 is 2.73 bits per heavy atom. The predicted molar refractivity (Wildman–Crippen MR) is 106 cm³/mol. The van der Waals surface area contributed by atoms with Crippen LogP contribution in [0.5, 0.6) is 0 Å². The second-order valence-electron chi connectivity index (χ2n) is 6.93. The summed E-state index contributed by atoms with van der Waals surface area (Å²) in [5.74, 6) is -0.312. The van der Waals surface area contributed by atoms with Crippen molar-refractivity contribution in [2.75, 3.05) is 11.9 Å². The van der Waals surface area contributed by atoms with Gasteiger partial charge in [-0.15, -0.1) is 0 Å². The third-order valence-corrected chi connectivity index (χ3v) is 5.21. The summed E-state index contributed by atoms with van der Waals surface area (Å²) in [6, 6.07) is 12.8. The molecule has 0 unspecified atom stereocenters. The highest BCUT2D eigenvalue weighted by molar-refractivity contribution is 6.13. The molecule has 1 fully saturated rings. The average Bonchev–Trinajstić information content (AvgIpc) is 2.69. The summed E-state index contributed by atoms with van der Waals surface area (Å²) < 4.78 is 5.28. The number of benzene rings is 2. The molecule has 0 spiro atoms. The fraction of sp³-hybridized carbons (Fsp3) is 0.364. The highest BCUT2D eigenvalue weighted by Gasteiger charge is 2.21. The van der Waals surface area contributed by atoms with Crippen LogP contribution >= 0.6 is 0 Å². The van der Waals surface area contributed by atoms with Crippen molar-refractivity contribution < 1.29 is 9.53 Å². The number of pyridine rings is 1. The summed E-state index contributed by atoms with van der Waals surface area (Å²) in [6.07, 6.45) is 7.71. The van der Waals surface area contributed by atoms with E-state index >= 15 is 0 Å². The second-order valence-corrected chi connectivity index (χ2v) is 6.93. The summed E-state index contributed by atoms with van der Waals surface area (Å²) in [5.41, 5.74) is 2.32. The zero-order valence-corrected chi connectivity index (χ0v) is 15.1. The number of anilines is 1. The number of carbonyl (C=O) groups is 1. The lowest BCUT2D eigenvalue weighted by Gasteiger charge is -2.25. The van der Waals surface area contributed by atoms with Crippen LogP contribution in [0.25, 0.3) is 21.7 Å². The highest BCUT2D eigenvalue weighted by atomic mass is 16.5. The van der Waals surface area contributed by atoms with Gasteiger partial charge in [0.05, 0.1) is 17.8 Å². The number of fused-ring (bicyclic) bond motifs is 3. The molecule has 4 rings (SSSR count). The molecule has 4 nitrogen and oxygen atoms in total. The van der Waals surface area contributed by atoms with Crippen LogP contribution in [0.4, 0.5) is 5.69 Å². The van der Waals surface area contributed by atoms with Crippen molar-refractivity contribution in [3.63, 3.8) is 0 Å². The first kappa shape index (κ1) is 16.8. The molecule has 1 N–H and O–H groups in total. The van der Waals surface area contributed by atoms with Crippen LogP contribution in [0.2, 0.25) is 0 Å². The predicted octanol–water partition coefficient (Wildman–Crippen LogP) is 5.31. The first-order valence-corrected chi connectivity index (χ1v) is 9.52. The van der Waals surface area contributed by atoms with E-state index in [0.717, 1.165) is 40.2 Å². The Morgan fingerprint density at radius 2 is 1.92 bits per heavy atom. The first-order chi connectivity index (χ1) is 12.8. The average molecular weight is 348 g/mol. The maximum atomic E-state index is 12.5. The molecule has 1 aliphatic carbocycles. The Morgan fingerprint density at radius 1 is 1.12 bits per heavy atom. The molecule has 3 aromatic rings. The molecule has 0 atom stereocenters. The Kier molecular flexibility index (Phi) is 4.74. The van der Waals surface area contributed by atoms with Gasteiger partial charge in [-0.1, -0.05) is 55.7 Å². The minimum Gasteiger partial charge on any atom is -0.462 e. The molecule has 26 heavy (non-hydrogen) atoms. The lowest BCUT2D eigenvalue weighted by molar-refractivity contribution is 0.0527. The number of hydrogen-bond donors (Lipinski definition) is 1. The van der Waals surface area contributed by atoms with Gasteiger partial charge >= 0.3 is 5.97 Å². The molecular weight excluding hydrogens is 324 g/mol. The third kappa shape index (κ3) is 3.12. The minimum absolute atomic E-state index is 0.312. The van der Waals surface area contributed by atoms with Gasteiger partial charge in [0.15, 0.2) is 0 Å². The fourth-order valence-corrected chi connectivity index (χ4v) is 3.90. The summed E-state index contributed by atoms with van der Waals surface area (Å²) >= 11 is 0. The molecule has 1 heterocycles. The van der Waals surface area contributed by atoms with Crippen molar-refractivity contribution in [1.82, 2.24) is 4.98 Å². The van der Waals surface area contributed by atoms with Gasteiger partial charge in [0.2, 0.25) is 0 Å². The van der Waals surface area contributed by atoms with Gasteiger partial charge in [0.1, 0.15) is 5.56 Å². The smallest absolute Gasteiger partial charge is 0.341 e. The molecule has 134 valence electrons. The van der Waals surface area contributed by atoms with Crippen LogP contribution in [0.15, 0.2) is 42.6 Å². The molecule has 4 heteroatoms. The van der Waals surface area contributed by atoms with Crippen molar-refractivity contribution in [3.05, 3.63) is 48.2 Å². The summed E-state index contributed by atoms with van der Waals surface area (Å²) in [6.45, 7) is 2.19. The number of ether oxygens (including phenoxy) is 1. The molecule has 0 bridgehead atoms. The van der Waals surface area contributed by atoms with Crippen molar-refractivity contribution >= 4 is 33.3 Å². The van der Waals surface area contributed by atoms with Crippen molar-refractivity contribution in [1.29, 1.82) is 0 Å². The van der Waals surface area contributed by atoms with Crippen LogP contribution in [0.3, 0.4) is 0 Å². The van der Waals surface area contributed by atoms with Gasteiger partial charge in [-0.05, 0) is 25.2 Å². The lowest BCUT2D eigenvalue weighted by Crippen LogP contribution is -2.24. The van der Waals surface area contributed by atoms with E-state index in [-0.39, 0.29) is 5.97 Å². The maximum Gasteiger partial charge on any atom is 0.341 e. The molecule has 1 saturated carbocycles. The molecule has 1 aliphatic rings. The molecule has 0 saturated heterocycles. The highest BCUT2D eigenvalue weighted by Crippen LogP contribution is 2.33.